The molecular weight excluding hydrogens is 384 g/mol. The van der Waals surface area contributed by atoms with Gasteiger partial charge in [-0.3, -0.25) is 0 Å². The van der Waals surface area contributed by atoms with Gasteiger partial charge in [-0.1, -0.05) is 36.4 Å². The number of ether oxygens (including phenoxy) is 1. The SMILES string of the molecule is COCCn1cc(NC(=O)NCCSc2c[nH]c3ccccc23)c2ccccc21. The third-order valence-corrected chi connectivity index (χ3v) is 5.83. The Bertz CT molecular complexity index is 1120. The summed E-state index contributed by atoms with van der Waals surface area (Å²) >= 11 is 1.73. The van der Waals surface area contributed by atoms with Gasteiger partial charge in [-0.25, -0.2) is 4.79 Å². The lowest BCUT2D eigenvalue weighted by Gasteiger charge is -2.06. The second kappa shape index (κ2) is 9.07. The summed E-state index contributed by atoms with van der Waals surface area (Å²) in [4.78, 5) is 16.9. The number of amides is 2. The van der Waals surface area contributed by atoms with Crippen molar-refractivity contribution in [1.82, 2.24) is 14.9 Å². The van der Waals surface area contributed by atoms with Crippen molar-refractivity contribution in [3.63, 3.8) is 0 Å². The first kappa shape index (κ1) is 19.4. The predicted molar refractivity (Wildman–Crippen MR) is 120 cm³/mol. The number of aromatic nitrogens is 2. The number of H-pyrrole nitrogens is 1. The largest absolute Gasteiger partial charge is 0.383 e. The monoisotopic (exact) mass is 408 g/mol. The Morgan fingerprint density at radius 3 is 2.79 bits per heavy atom. The third-order valence-electron chi connectivity index (χ3n) is 4.77. The number of nitrogens with zero attached hydrogens (tertiary/aromatic N) is 1. The minimum absolute atomic E-state index is 0.195. The summed E-state index contributed by atoms with van der Waals surface area (Å²) in [5.74, 6) is 0.796. The number of hydrogen-bond donors (Lipinski definition) is 3. The van der Waals surface area contributed by atoms with E-state index < -0.39 is 0 Å². The number of methoxy groups -OCH3 is 1. The lowest BCUT2D eigenvalue weighted by Crippen LogP contribution is -2.30. The van der Waals surface area contributed by atoms with Crippen molar-refractivity contribution in [2.75, 3.05) is 31.3 Å². The van der Waals surface area contributed by atoms with E-state index in [1.807, 2.05) is 48.8 Å². The van der Waals surface area contributed by atoms with Gasteiger partial charge in [-0.2, -0.15) is 0 Å². The first-order valence-electron chi connectivity index (χ1n) is 9.57. The molecule has 0 fully saturated rings. The Morgan fingerprint density at radius 2 is 1.93 bits per heavy atom. The van der Waals surface area contributed by atoms with Crippen molar-refractivity contribution >= 4 is 45.3 Å². The topological polar surface area (TPSA) is 71.1 Å². The van der Waals surface area contributed by atoms with Gasteiger partial charge >= 0.3 is 6.03 Å². The normalized spacial score (nSPS) is 11.2. The highest BCUT2D eigenvalue weighted by molar-refractivity contribution is 7.99. The highest BCUT2D eigenvalue weighted by Gasteiger charge is 2.11. The molecule has 0 saturated heterocycles. The van der Waals surface area contributed by atoms with Crippen LogP contribution in [-0.4, -0.2) is 41.6 Å². The molecule has 0 atom stereocenters. The molecule has 0 spiro atoms. The first-order valence-corrected chi connectivity index (χ1v) is 10.6. The summed E-state index contributed by atoms with van der Waals surface area (Å²) in [6.45, 7) is 1.94. The molecule has 0 bridgehead atoms. The zero-order chi connectivity index (χ0) is 20.1. The summed E-state index contributed by atoms with van der Waals surface area (Å²) < 4.78 is 7.28. The van der Waals surface area contributed by atoms with Crippen LogP contribution in [0.3, 0.4) is 0 Å². The van der Waals surface area contributed by atoms with Gasteiger partial charge in [0, 0.05) is 59.5 Å². The Kier molecular flexibility index (Phi) is 6.07. The molecule has 4 rings (SSSR count). The minimum atomic E-state index is -0.195. The number of hydrogen-bond acceptors (Lipinski definition) is 3. The number of benzene rings is 2. The summed E-state index contributed by atoms with van der Waals surface area (Å²) in [7, 11) is 1.69. The average molecular weight is 409 g/mol. The number of anilines is 1. The Morgan fingerprint density at radius 1 is 1.14 bits per heavy atom. The van der Waals surface area contributed by atoms with E-state index in [4.69, 9.17) is 4.74 Å². The van der Waals surface area contributed by atoms with Crippen molar-refractivity contribution < 1.29 is 9.53 Å². The average Bonchev–Trinajstić information content (AvgIpc) is 3.31. The lowest BCUT2D eigenvalue weighted by molar-refractivity contribution is 0.188. The molecule has 6 nitrogen and oxygen atoms in total. The van der Waals surface area contributed by atoms with Crippen molar-refractivity contribution in [3.05, 3.63) is 60.9 Å². The maximum absolute atomic E-state index is 12.4. The van der Waals surface area contributed by atoms with Gasteiger partial charge in [0.2, 0.25) is 0 Å². The molecule has 3 N–H and O–H groups in total. The number of thioether (sulfide) groups is 1. The Labute approximate surface area is 173 Å². The summed E-state index contributed by atoms with van der Waals surface area (Å²) in [6.07, 6.45) is 3.98. The Hall–Kier alpha value is -2.90. The minimum Gasteiger partial charge on any atom is -0.383 e. The predicted octanol–water partition coefficient (Wildman–Crippen LogP) is 4.68. The van der Waals surface area contributed by atoms with Crippen LogP contribution in [0.5, 0.6) is 0 Å². The number of aromatic amines is 1. The fourth-order valence-corrected chi connectivity index (χ4v) is 4.28. The molecule has 2 amide bonds. The van der Waals surface area contributed by atoms with E-state index in [-0.39, 0.29) is 6.03 Å². The molecule has 0 radical (unpaired) electrons. The number of carbonyl (C=O) groups excluding carboxylic acids is 1. The number of rotatable bonds is 8. The summed E-state index contributed by atoms with van der Waals surface area (Å²) in [5, 5.41) is 8.16. The lowest BCUT2D eigenvalue weighted by atomic mass is 10.2. The molecule has 0 aliphatic heterocycles. The maximum Gasteiger partial charge on any atom is 0.319 e. The van der Waals surface area contributed by atoms with Gasteiger partial charge in [0.05, 0.1) is 17.8 Å². The molecule has 4 aromatic rings. The van der Waals surface area contributed by atoms with E-state index in [1.165, 1.54) is 10.3 Å². The van der Waals surface area contributed by atoms with Crippen LogP contribution in [0.1, 0.15) is 0 Å². The van der Waals surface area contributed by atoms with E-state index in [9.17, 15) is 4.79 Å². The van der Waals surface area contributed by atoms with E-state index in [0.717, 1.165) is 34.4 Å². The van der Waals surface area contributed by atoms with Crippen LogP contribution in [0.2, 0.25) is 0 Å². The maximum atomic E-state index is 12.4. The molecular formula is C22H24N4O2S. The van der Waals surface area contributed by atoms with Gasteiger partial charge in [0.25, 0.3) is 0 Å². The number of nitrogens with one attached hydrogen (secondary N) is 3. The van der Waals surface area contributed by atoms with E-state index in [1.54, 1.807) is 18.9 Å². The Balaban J connectivity index is 1.33. The zero-order valence-electron chi connectivity index (χ0n) is 16.3. The van der Waals surface area contributed by atoms with E-state index >= 15 is 0 Å². The number of carbonyl (C=O) groups is 1. The van der Waals surface area contributed by atoms with Crippen LogP contribution >= 0.6 is 11.8 Å². The van der Waals surface area contributed by atoms with Crippen LogP contribution in [0.15, 0.2) is 65.8 Å². The van der Waals surface area contributed by atoms with Crippen LogP contribution in [0.25, 0.3) is 21.8 Å². The summed E-state index contributed by atoms with van der Waals surface area (Å²) in [6, 6.07) is 16.1. The smallest absolute Gasteiger partial charge is 0.319 e. The fraction of sp³-hybridized carbons (Fsp3) is 0.227. The third kappa shape index (κ3) is 4.41. The molecule has 0 aliphatic rings. The molecule has 0 unspecified atom stereocenters. The van der Waals surface area contributed by atoms with Crippen LogP contribution < -0.4 is 10.6 Å². The molecule has 0 saturated carbocycles. The number of fused-ring (bicyclic) bond motifs is 2. The molecule has 7 heteroatoms. The highest BCUT2D eigenvalue weighted by atomic mass is 32.2. The van der Waals surface area contributed by atoms with Gasteiger partial charge in [-0.15, -0.1) is 11.8 Å². The van der Waals surface area contributed by atoms with Crippen molar-refractivity contribution in [2.45, 2.75) is 11.4 Å². The van der Waals surface area contributed by atoms with Gasteiger partial charge in [0.1, 0.15) is 0 Å². The molecule has 2 aromatic carbocycles. The second-order valence-corrected chi connectivity index (χ2v) is 7.81. The van der Waals surface area contributed by atoms with E-state index in [0.29, 0.717) is 13.2 Å². The van der Waals surface area contributed by atoms with Crippen molar-refractivity contribution in [3.8, 4) is 0 Å². The summed E-state index contributed by atoms with van der Waals surface area (Å²) in [5.41, 5.74) is 3.01. The molecule has 0 aliphatic carbocycles. The standard InChI is InChI=1S/C22H24N4O2S/c1-28-12-11-26-15-19(16-6-3-5-9-20(16)26)25-22(27)23-10-13-29-21-14-24-18-8-4-2-7-17(18)21/h2-9,14-15,24H,10-13H2,1H3,(H2,23,25,27). The number of urea groups is 1. The van der Waals surface area contributed by atoms with Crippen molar-refractivity contribution in [2.24, 2.45) is 0 Å². The molecule has 150 valence electrons. The second-order valence-electron chi connectivity index (χ2n) is 6.67. The van der Waals surface area contributed by atoms with E-state index in [2.05, 4.69) is 32.3 Å². The van der Waals surface area contributed by atoms with Crippen LogP contribution in [0, 0.1) is 0 Å². The van der Waals surface area contributed by atoms with Gasteiger partial charge < -0.3 is 24.9 Å². The van der Waals surface area contributed by atoms with Crippen LogP contribution in [0.4, 0.5) is 10.5 Å². The molecule has 2 aromatic heterocycles. The van der Waals surface area contributed by atoms with Crippen LogP contribution in [-0.2, 0) is 11.3 Å². The molecule has 29 heavy (non-hydrogen) atoms. The fourth-order valence-electron chi connectivity index (χ4n) is 3.38. The van der Waals surface area contributed by atoms with Crippen molar-refractivity contribution in [1.29, 1.82) is 0 Å². The first-order chi connectivity index (χ1) is 14.3. The van der Waals surface area contributed by atoms with Gasteiger partial charge in [0.15, 0.2) is 0 Å². The van der Waals surface area contributed by atoms with Gasteiger partial charge in [-0.05, 0) is 12.1 Å². The molecule has 2 heterocycles. The number of para-hydroxylation sites is 2. The quantitative estimate of drug-likeness (QED) is 0.293. The zero-order valence-corrected chi connectivity index (χ0v) is 17.1. The highest BCUT2D eigenvalue weighted by Crippen LogP contribution is 2.27.